The van der Waals surface area contributed by atoms with Gasteiger partial charge in [-0.15, -0.1) is 10.2 Å². The molecule has 1 N–H and O–H groups in total. The summed E-state index contributed by atoms with van der Waals surface area (Å²) in [5.74, 6) is -13.1. The maximum Gasteiger partial charge on any atom is 0.460 e. The molecule has 3 rings (SSSR count). The predicted octanol–water partition coefficient (Wildman–Crippen LogP) is 4.97. The summed E-state index contributed by atoms with van der Waals surface area (Å²) < 4.78 is 96.1. The van der Waals surface area contributed by atoms with E-state index in [-0.39, 0.29) is 19.4 Å². The summed E-state index contributed by atoms with van der Waals surface area (Å²) in [6, 6.07) is 5.26. The van der Waals surface area contributed by atoms with Crippen LogP contribution in [0, 0.1) is 6.92 Å². The summed E-state index contributed by atoms with van der Waals surface area (Å²) in [6.45, 7) is 2.00. The summed E-state index contributed by atoms with van der Waals surface area (Å²) in [5.41, 5.74) is 1.74. The zero-order chi connectivity index (χ0) is 25.3. The first-order valence-electron chi connectivity index (χ1n) is 10.1. The number of aromatic nitrogens is 4. The van der Waals surface area contributed by atoms with Crippen molar-refractivity contribution in [2.24, 2.45) is 0 Å². The Balaban J connectivity index is 1.60. The molecule has 0 aliphatic carbocycles. The molecule has 3 aromatic rings. The number of Topliss-reactive ketones (excluding diaryl/α,β-unsaturated/α-hetero) is 1. The third kappa shape index (κ3) is 4.57. The molecule has 0 aliphatic heterocycles. The van der Waals surface area contributed by atoms with E-state index in [4.69, 9.17) is 4.74 Å². The number of ketones is 1. The highest BCUT2D eigenvalue weighted by molar-refractivity contribution is 5.87. The van der Waals surface area contributed by atoms with Gasteiger partial charge in [-0.3, -0.25) is 9.20 Å². The minimum Gasteiger partial charge on any atom is -0.497 e. The number of alkyl halides is 7. The minimum absolute atomic E-state index is 0.121. The van der Waals surface area contributed by atoms with Gasteiger partial charge in [0.25, 0.3) is 0 Å². The summed E-state index contributed by atoms with van der Waals surface area (Å²) in [7, 11) is 1.51. The van der Waals surface area contributed by atoms with E-state index in [0.29, 0.717) is 35.0 Å². The van der Waals surface area contributed by atoms with Crippen LogP contribution >= 0.6 is 0 Å². The fourth-order valence-electron chi connectivity index (χ4n) is 3.31. The lowest BCUT2D eigenvalue weighted by molar-refractivity contribution is -0.343. The molecule has 0 unspecified atom stereocenters. The van der Waals surface area contributed by atoms with Crippen LogP contribution in [-0.4, -0.2) is 57.0 Å². The molecule has 0 spiro atoms. The van der Waals surface area contributed by atoms with Gasteiger partial charge in [0.2, 0.25) is 11.4 Å². The number of halogens is 7. The van der Waals surface area contributed by atoms with E-state index in [1.807, 2.05) is 0 Å². The average molecular weight is 495 g/mol. The monoisotopic (exact) mass is 495 g/mol. The van der Waals surface area contributed by atoms with Crippen molar-refractivity contribution in [3.8, 4) is 5.75 Å². The second-order valence-electron chi connectivity index (χ2n) is 7.53. The van der Waals surface area contributed by atoms with Gasteiger partial charge in [0.1, 0.15) is 11.6 Å². The van der Waals surface area contributed by atoms with E-state index >= 15 is 0 Å². The predicted molar refractivity (Wildman–Crippen MR) is 107 cm³/mol. The molecule has 0 atom stereocenters. The van der Waals surface area contributed by atoms with Crippen LogP contribution in [0.3, 0.4) is 0 Å². The molecular weight excluding hydrogens is 475 g/mol. The number of carbonyl (C=O) groups excluding carboxylic acids is 1. The van der Waals surface area contributed by atoms with E-state index in [2.05, 4.69) is 20.5 Å². The van der Waals surface area contributed by atoms with Gasteiger partial charge in [0.05, 0.1) is 18.1 Å². The Labute approximate surface area is 188 Å². The number of ether oxygens (including phenoxy) is 1. The molecule has 0 saturated carbocycles. The zero-order valence-electron chi connectivity index (χ0n) is 18.0. The number of anilines is 1. The van der Waals surface area contributed by atoms with Gasteiger partial charge < -0.3 is 10.1 Å². The van der Waals surface area contributed by atoms with Crippen molar-refractivity contribution >= 4 is 28.3 Å². The van der Waals surface area contributed by atoms with Crippen LogP contribution in [0.1, 0.15) is 31.5 Å². The largest absolute Gasteiger partial charge is 0.497 e. The molecule has 2 aromatic heterocycles. The highest BCUT2D eigenvalue weighted by Gasteiger charge is 2.75. The van der Waals surface area contributed by atoms with E-state index in [1.165, 1.54) is 7.11 Å². The lowest BCUT2D eigenvalue weighted by Gasteiger charge is -2.26. The number of nitrogens with one attached hydrogen (secondary N) is 1. The molecule has 34 heavy (non-hydrogen) atoms. The second-order valence-corrected chi connectivity index (χ2v) is 7.53. The van der Waals surface area contributed by atoms with Gasteiger partial charge in [0, 0.05) is 19.0 Å². The van der Waals surface area contributed by atoms with Gasteiger partial charge in [0.15, 0.2) is 5.82 Å². The Morgan fingerprint density at radius 2 is 1.76 bits per heavy atom. The number of aryl methyl sites for hydroxylation is 1. The highest BCUT2D eigenvalue weighted by Crippen LogP contribution is 2.47. The fourth-order valence-corrected chi connectivity index (χ4v) is 3.31. The lowest BCUT2D eigenvalue weighted by atomic mass is 10.0. The molecule has 2 heterocycles. The Morgan fingerprint density at radius 3 is 2.41 bits per heavy atom. The van der Waals surface area contributed by atoms with Crippen LogP contribution in [0.15, 0.2) is 18.2 Å². The molecular formula is C20H20F7N5O2. The van der Waals surface area contributed by atoms with Crippen molar-refractivity contribution in [2.75, 3.05) is 19.0 Å². The van der Waals surface area contributed by atoms with Gasteiger partial charge in [-0.1, -0.05) is 6.42 Å². The third-order valence-electron chi connectivity index (χ3n) is 5.17. The van der Waals surface area contributed by atoms with Crippen LogP contribution in [0.4, 0.5) is 36.6 Å². The van der Waals surface area contributed by atoms with Crippen molar-refractivity contribution < 1.29 is 40.3 Å². The number of unbranched alkanes of at least 4 members (excludes halogenated alkanes) is 2. The topological polar surface area (TPSA) is 81.4 Å². The van der Waals surface area contributed by atoms with Gasteiger partial charge >= 0.3 is 18.0 Å². The number of carbonyl (C=O) groups is 1. The number of fused-ring (bicyclic) bond motifs is 3. The molecule has 0 aliphatic rings. The number of methoxy groups -OCH3 is 1. The maximum atomic E-state index is 13.4. The van der Waals surface area contributed by atoms with Crippen LogP contribution in [0.5, 0.6) is 5.75 Å². The number of rotatable bonds is 10. The lowest BCUT2D eigenvalue weighted by Crippen LogP contribution is -2.56. The molecule has 186 valence electrons. The zero-order valence-corrected chi connectivity index (χ0v) is 18.0. The van der Waals surface area contributed by atoms with E-state index < -0.39 is 30.2 Å². The summed E-state index contributed by atoms with van der Waals surface area (Å²) >= 11 is 0. The smallest absolute Gasteiger partial charge is 0.460 e. The summed E-state index contributed by atoms with van der Waals surface area (Å²) in [6.07, 6.45) is -7.51. The number of hydrogen-bond acceptors (Lipinski definition) is 6. The number of benzene rings is 1. The molecule has 0 bridgehead atoms. The first kappa shape index (κ1) is 25.4. The number of nitrogens with zero attached hydrogens (tertiary/aromatic N) is 4. The van der Waals surface area contributed by atoms with Gasteiger partial charge in [-0.05, 0) is 31.9 Å². The SMILES string of the molecule is COc1ccc2c(c1)nc(NCCCCCC(=O)C(F)(F)C(F)(F)C(F)(F)F)c1nnc(C)n12. The fraction of sp³-hybridized carbons (Fsp3) is 0.500. The molecule has 0 radical (unpaired) electrons. The number of hydrogen-bond donors (Lipinski definition) is 1. The van der Waals surface area contributed by atoms with Crippen LogP contribution in [-0.2, 0) is 4.79 Å². The minimum atomic E-state index is -6.53. The molecule has 0 fully saturated rings. The maximum absolute atomic E-state index is 13.4. The van der Waals surface area contributed by atoms with E-state index in [9.17, 15) is 35.5 Å². The first-order chi connectivity index (χ1) is 15.8. The van der Waals surface area contributed by atoms with Crippen molar-refractivity contribution in [3.05, 3.63) is 24.0 Å². The molecule has 0 amide bonds. The van der Waals surface area contributed by atoms with Crippen molar-refractivity contribution in [1.29, 1.82) is 0 Å². The Hall–Kier alpha value is -3.19. The van der Waals surface area contributed by atoms with Crippen molar-refractivity contribution in [1.82, 2.24) is 19.6 Å². The van der Waals surface area contributed by atoms with Crippen molar-refractivity contribution in [3.63, 3.8) is 0 Å². The molecule has 14 heteroatoms. The quantitative estimate of drug-likeness (QED) is 0.316. The van der Waals surface area contributed by atoms with Crippen LogP contribution < -0.4 is 10.1 Å². The summed E-state index contributed by atoms with van der Waals surface area (Å²) in [5, 5.41) is 11.1. The van der Waals surface area contributed by atoms with Gasteiger partial charge in [-0.25, -0.2) is 4.98 Å². The average Bonchev–Trinajstić information content (AvgIpc) is 3.16. The second kappa shape index (κ2) is 9.22. The van der Waals surface area contributed by atoms with Crippen LogP contribution in [0.2, 0.25) is 0 Å². The third-order valence-corrected chi connectivity index (χ3v) is 5.17. The van der Waals surface area contributed by atoms with Crippen molar-refractivity contribution in [2.45, 2.75) is 50.6 Å². The van der Waals surface area contributed by atoms with Gasteiger partial charge in [-0.2, -0.15) is 30.7 Å². The Bertz CT molecular complexity index is 1190. The van der Waals surface area contributed by atoms with E-state index in [0.717, 1.165) is 5.52 Å². The normalized spacial score (nSPS) is 13.0. The molecule has 7 nitrogen and oxygen atoms in total. The Morgan fingerprint density at radius 1 is 1.06 bits per heavy atom. The molecule has 1 aromatic carbocycles. The van der Waals surface area contributed by atoms with Crippen LogP contribution in [0.25, 0.3) is 16.7 Å². The first-order valence-corrected chi connectivity index (χ1v) is 10.1. The highest BCUT2D eigenvalue weighted by atomic mass is 19.4. The summed E-state index contributed by atoms with van der Waals surface area (Å²) in [4.78, 5) is 15.9. The van der Waals surface area contributed by atoms with E-state index in [1.54, 1.807) is 29.5 Å². The Kier molecular flexibility index (Phi) is 6.90. The molecule has 0 saturated heterocycles. The standard InChI is InChI=1S/C20H20F7N5O2/c1-11-30-31-17-16(29-13-10-12(34-2)7-8-14(13)32(11)17)28-9-5-3-4-6-15(33)18(21,22)19(23,24)20(25,26)27/h7-8,10H,3-6,9H2,1-2H3,(H,28,29).